The first-order chi connectivity index (χ1) is 12.5. The van der Waals surface area contributed by atoms with Crippen molar-refractivity contribution in [2.45, 2.75) is 0 Å². The van der Waals surface area contributed by atoms with Gasteiger partial charge in [-0.05, 0) is 12.1 Å². The van der Waals surface area contributed by atoms with E-state index in [0.717, 1.165) is 17.8 Å². The number of phenolic OH excluding ortho intramolecular Hbond substituents is 1. The van der Waals surface area contributed by atoms with Crippen LogP contribution in [-0.4, -0.2) is 32.3 Å². The summed E-state index contributed by atoms with van der Waals surface area (Å²) in [5.74, 6) is -0.734. The summed E-state index contributed by atoms with van der Waals surface area (Å²) < 4.78 is 0. The van der Waals surface area contributed by atoms with Crippen LogP contribution in [0.5, 0.6) is 5.75 Å². The Hall–Kier alpha value is -4.01. The molecule has 2 aromatic carbocycles. The third-order valence-electron chi connectivity index (χ3n) is 3.48. The zero-order valence-electron chi connectivity index (χ0n) is 13.3. The van der Waals surface area contributed by atoms with Gasteiger partial charge < -0.3 is 5.11 Å². The highest BCUT2D eigenvalue weighted by Gasteiger charge is 2.11. The number of aromatic amines is 1. The number of nitro benzene ring substituents is 1. The molecule has 0 saturated heterocycles. The Morgan fingerprint density at radius 2 is 2.00 bits per heavy atom. The Balaban J connectivity index is 1.70. The van der Waals surface area contributed by atoms with Gasteiger partial charge in [-0.25, -0.2) is 5.43 Å². The molecule has 1 heterocycles. The number of aromatic hydroxyl groups is 1. The standard InChI is InChI=1S/C17H13N5O4/c23-16-7-6-13(22(25)26)8-12(16)10-18-21-17(24)15-9-14(19-20-15)11-4-2-1-3-5-11/h1-10,23H,(H,19,20)(H,21,24)/b18-10-. The average molecular weight is 351 g/mol. The van der Waals surface area contributed by atoms with E-state index < -0.39 is 10.8 Å². The second-order valence-corrected chi connectivity index (χ2v) is 5.23. The molecule has 3 N–H and O–H groups in total. The molecule has 0 saturated carbocycles. The molecular weight excluding hydrogens is 338 g/mol. The van der Waals surface area contributed by atoms with Crippen molar-refractivity contribution in [1.29, 1.82) is 0 Å². The van der Waals surface area contributed by atoms with Gasteiger partial charge in [0.25, 0.3) is 11.6 Å². The fraction of sp³-hybridized carbons (Fsp3) is 0. The third kappa shape index (κ3) is 3.73. The summed E-state index contributed by atoms with van der Waals surface area (Å²) in [5.41, 5.74) is 3.83. The highest BCUT2D eigenvalue weighted by molar-refractivity contribution is 5.94. The van der Waals surface area contributed by atoms with Crippen molar-refractivity contribution >= 4 is 17.8 Å². The number of benzene rings is 2. The SMILES string of the molecule is O=C(N/N=C\c1cc([N+](=O)[O-])ccc1O)c1cc(-c2ccccc2)n[nH]1. The Kier molecular flexibility index (Phi) is 4.70. The molecule has 0 unspecified atom stereocenters. The number of nitro groups is 1. The monoisotopic (exact) mass is 351 g/mol. The van der Waals surface area contributed by atoms with E-state index in [1.165, 1.54) is 12.1 Å². The van der Waals surface area contributed by atoms with E-state index in [9.17, 15) is 20.0 Å². The largest absolute Gasteiger partial charge is 0.507 e. The average Bonchev–Trinajstić information content (AvgIpc) is 3.14. The molecule has 0 atom stereocenters. The van der Waals surface area contributed by atoms with Crippen LogP contribution in [0.3, 0.4) is 0 Å². The van der Waals surface area contributed by atoms with Crippen LogP contribution in [0.4, 0.5) is 5.69 Å². The van der Waals surface area contributed by atoms with Gasteiger partial charge in [-0.1, -0.05) is 30.3 Å². The predicted octanol–water partition coefficient (Wildman–Crippen LogP) is 2.45. The summed E-state index contributed by atoms with van der Waals surface area (Å²) in [5, 5.41) is 30.8. The number of rotatable bonds is 5. The molecule has 9 heteroatoms. The van der Waals surface area contributed by atoms with Crippen molar-refractivity contribution in [3.63, 3.8) is 0 Å². The van der Waals surface area contributed by atoms with Crippen molar-refractivity contribution in [3.05, 3.63) is 76.0 Å². The molecule has 0 bridgehead atoms. The molecule has 0 aliphatic carbocycles. The van der Waals surface area contributed by atoms with Crippen LogP contribution in [0.1, 0.15) is 16.1 Å². The van der Waals surface area contributed by atoms with E-state index >= 15 is 0 Å². The Labute approximate surface area is 147 Å². The molecule has 1 aromatic heterocycles. The van der Waals surface area contributed by atoms with Gasteiger partial charge in [0, 0.05) is 23.3 Å². The number of H-pyrrole nitrogens is 1. The van der Waals surface area contributed by atoms with E-state index in [-0.39, 0.29) is 22.7 Å². The molecule has 3 aromatic rings. The molecule has 26 heavy (non-hydrogen) atoms. The minimum absolute atomic E-state index is 0.106. The van der Waals surface area contributed by atoms with Gasteiger partial charge in [0.1, 0.15) is 11.4 Å². The van der Waals surface area contributed by atoms with E-state index in [4.69, 9.17) is 0 Å². The lowest BCUT2D eigenvalue weighted by Crippen LogP contribution is -2.18. The topological polar surface area (TPSA) is 134 Å². The molecule has 3 rings (SSSR count). The lowest BCUT2D eigenvalue weighted by molar-refractivity contribution is -0.384. The minimum atomic E-state index is -0.592. The van der Waals surface area contributed by atoms with E-state index in [1.807, 2.05) is 30.3 Å². The summed E-state index contributed by atoms with van der Waals surface area (Å²) in [6.07, 6.45) is 1.12. The lowest BCUT2D eigenvalue weighted by Gasteiger charge is -1.99. The van der Waals surface area contributed by atoms with Gasteiger partial charge in [0.2, 0.25) is 0 Å². The Bertz CT molecular complexity index is 982. The molecule has 0 aliphatic rings. The van der Waals surface area contributed by atoms with Gasteiger partial charge in [-0.2, -0.15) is 10.2 Å². The Morgan fingerprint density at radius 1 is 1.23 bits per heavy atom. The van der Waals surface area contributed by atoms with Gasteiger partial charge >= 0.3 is 0 Å². The first-order valence-corrected chi connectivity index (χ1v) is 7.46. The van der Waals surface area contributed by atoms with Crippen molar-refractivity contribution in [2.75, 3.05) is 0 Å². The number of amides is 1. The highest BCUT2D eigenvalue weighted by atomic mass is 16.6. The fourth-order valence-corrected chi connectivity index (χ4v) is 2.17. The normalized spacial score (nSPS) is 10.8. The highest BCUT2D eigenvalue weighted by Crippen LogP contribution is 2.21. The lowest BCUT2D eigenvalue weighted by atomic mass is 10.1. The molecule has 0 aliphatic heterocycles. The summed E-state index contributed by atoms with van der Waals surface area (Å²) in [6, 6.07) is 14.4. The molecule has 130 valence electrons. The summed E-state index contributed by atoms with van der Waals surface area (Å²) in [7, 11) is 0. The van der Waals surface area contributed by atoms with Gasteiger partial charge in [-0.3, -0.25) is 20.0 Å². The third-order valence-corrected chi connectivity index (χ3v) is 3.48. The van der Waals surface area contributed by atoms with Crippen LogP contribution in [-0.2, 0) is 0 Å². The predicted molar refractivity (Wildman–Crippen MR) is 93.8 cm³/mol. The van der Waals surface area contributed by atoms with E-state index in [1.54, 1.807) is 6.07 Å². The number of nitrogens with zero attached hydrogens (tertiary/aromatic N) is 3. The van der Waals surface area contributed by atoms with Gasteiger partial charge in [-0.15, -0.1) is 0 Å². The van der Waals surface area contributed by atoms with Crippen molar-refractivity contribution in [3.8, 4) is 17.0 Å². The molecule has 0 radical (unpaired) electrons. The smallest absolute Gasteiger partial charge is 0.289 e. The number of hydrogen-bond acceptors (Lipinski definition) is 6. The molecule has 0 fully saturated rings. The number of nitrogens with one attached hydrogen (secondary N) is 2. The maximum absolute atomic E-state index is 12.1. The fourth-order valence-electron chi connectivity index (χ4n) is 2.17. The number of hydrazone groups is 1. The second kappa shape index (κ2) is 7.26. The maximum Gasteiger partial charge on any atom is 0.289 e. The number of non-ortho nitro benzene ring substituents is 1. The van der Waals surface area contributed by atoms with Crippen molar-refractivity contribution in [1.82, 2.24) is 15.6 Å². The quantitative estimate of drug-likeness (QED) is 0.369. The van der Waals surface area contributed by atoms with E-state index in [2.05, 4.69) is 20.7 Å². The Morgan fingerprint density at radius 3 is 2.73 bits per heavy atom. The summed E-state index contributed by atoms with van der Waals surface area (Å²) >= 11 is 0. The molecule has 1 amide bonds. The second-order valence-electron chi connectivity index (χ2n) is 5.23. The first kappa shape index (κ1) is 16.8. The number of carbonyl (C=O) groups is 1. The first-order valence-electron chi connectivity index (χ1n) is 7.46. The van der Waals surface area contributed by atoms with E-state index in [0.29, 0.717) is 5.69 Å². The summed E-state index contributed by atoms with van der Waals surface area (Å²) in [4.78, 5) is 22.2. The zero-order chi connectivity index (χ0) is 18.5. The van der Waals surface area contributed by atoms with Crippen LogP contribution in [0, 0.1) is 10.1 Å². The van der Waals surface area contributed by atoms with Crippen LogP contribution in [0.25, 0.3) is 11.3 Å². The molecule has 9 nitrogen and oxygen atoms in total. The number of carbonyl (C=O) groups excluding carboxylic acids is 1. The number of phenols is 1. The van der Waals surface area contributed by atoms with Crippen LogP contribution < -0.4 is 5.43 Å². The van der Waals surface area contributed by atoms with Crippen molar-refractivity contribution < 1.29 is 14.8 Å². The number of aromatic nitrogens is 2. The van der Waals surface area contributed by atoms with Crippen LogP contribution in [0.2, 0.25) is 0 Å². The van der Waals surface area contributed by atoms with Gasteiger partial charge in [0.05, 0.1) is 16.8 Å². The zero-order valence-corrected chi connectivity index (χ0v) is 13.3. The van der Waals surface area contributed by atoms with Crippen LogP contribution in [0.15, 0.2) is 59.7 Å². The molecule has 0 spiro atoms. The van der Waals surface area contributed by atoms with Crippen molar-refractivity contribution in [2.24, 2.45) is 5.10 Å². The number of hydrogen-bond donors (Lipinski definition) is 3. The summed E-state index contributed by atoms with van der Waals surface area (Å²) in [6.45, 7) is 0. The minimum Gasteiger partial charge on any atom is -0.507 e. The van der Waals surface area contributed by atoms with Crippen LogP contribution >= 0.6 is 0 Å². The maximum atomic E-state index is 12.1. The molecular formula is C17H13N5O4. The van der Waals surface area contributed by atoms with Gasteiger partial charge in [0.15, 0.2) is 0 Å².